The number of thioether (sulfide) groups is 1. The fraction of sp³-hybridized carbons (Fsp3) is 0.300. The molecule has 1 rings (SSSR count). The second-order valence-electron chi connectivity index (χ2n) is 3.24. The first-order chi connectivity index (χ1) is 7.02. The molecule has 0 saturated carbocycles. The molecule has 0 bridgehead atoms. The minimum Gasteiger partial charge on any atom is -0.398 e. The van der Waals surface area contributed by atoms with Crippen molar-refractivity contribution in [2.45, 2.75) is 4.90 Å². The Hall–Kier alpha value is -0.870. The topological polar surface area (TPSA) is 46.3 Å². The Bertz CT molecular complexity index is 348. The van der Waals surface area contributed by atoms with Crippen molar-refractivity contribution in [1.29, 1.82) is 0 Å². The van der Waals surface area contributed by atoms with Gasteiger partial charge in [-0.3, -0.25) is 4.79 Å². The SMILES string of the molecule is CN(C)C(=O)CSc1c(N)cccc1Cl. The zero-order valence-electron chi connectivity index (χ0n) is 8.66. The average Bonchev–Trinajstić information content (AvgIpc) is 2.16. The smallest absolute Gasteiger partial charge is 0.232 e. The van der Waals surface area contributed by atoms with Crippen molar-refractivity contribution < 1.29 is 4.79 Å². The van der Waals surface area contributed by atoms with E-state index in [1.54, 1.807) is 37.2 Å². The molecule has 0 aliphatic rings. The van der Waals surface area contributed by atoms with E-state index < -0.39 is 0 Å². The van der Waals surface area contributed by atoms with Gasteiger partial charge in [-0.15, -0.1) is 11.8 Å². The lowest BCUT2D eigenvalue weighted by molar-refractivity contribution is -0.125. The van der Waals surface area contributed by atoms with Gasteiger partial charge in [-0.2, -0.15) is 0 Å². The van der Waals surface area contributed by atoms with Crippen molar-refractivity contribution in [2.75, 3.05) is 25.6 Å². The summed E-state index contributed by atoms with van der Waals surface area (Å²) >= 11 is 7.33. The van der Waals surface area contributed by atoms with Gasteiger partial charge in [0.25, 0.3) is 0 Å². The Morgan fingerprint density at radius 3 is 2.73 bits per heavy atom. The van der Waals surface area contributed by atoms with E-state index in [2.05, 4.69) is 0 Å². The van der Waals surface area contributed by atoms with E-state index in [-0.39, 0.29) is 5.91 Å². The molecule has 0 aliphatic heterocycles. The summed E-state index contributed by atoms with van der Waals surface area (Å²) in [6.07, 6.45) is 0. The lowest BCUT2D eigenvalue weighted by Crippen LogP contribution is -2.23. The molecule has 2 N–H and O–H groups in total. The molecule has 0 spiro atoms. The van der Waals surface area contributed by atoms with Crippen molar-refractivity contribution >= 4 is 35.0 Å². The number of nitrogens with zero attached hydrogens (tertiary/aromatic N) is 1. The maximum atomic E-state index is 11.4. The van der Waals surface area contributed by atoms with Gasteiger partial charge < -0.3 is 10.6 Å². The van der Waals surface area contributed by atoms with Crippen molar-refractivity contribution in [2.24, 2.45) is 0 Å². The summed E-state index contributed by atoms with van der Waals surface area (Å²) in [4.78, 5) is 13.7. The highest BCUT2D eigenvalue weighted by Crippen LogP contribution is 2.32. The van der Waals surface area contributed by atoms with Crippen molar-refractivity contribution in [3.63, 3.8) is 0 Å². The summed E-state index contributed by atoms with van der Waals surface area (Å²) in [5.74, 6) is 0.389. The van der Waals surface area contributed by atoms with Crippen LogP contribution < -0.4 is 5.73 Å². The molecule has 0 unspecified atom stereocenters. The van der Waals surface area contributed by atoms with Gasteiger partial charge in [0.2, 0.25) is 5.91 Å². The Kier molecular flexibility index (Phi) is 4.29. The lowest BCUT2D eigenvalue weighted by Gasteiger charge is -2.11. The van der Waals surface area contributed by atoms with Crippen LogP contribution in [0.4, 0.5) is 5.69 Å². The second kappa shape index (κ2) is 5.28. The number of nitrogen functional groups attached to an aromatic ring is 1. The summed E-state index contributed by atoms with van der Waals surface area (Å²) in [6, 6.07) is 5.32. The Balaban J connectivity index is 2.69. The number of hydrogen-bond donors (Lipinski definition) is 1. The molecule has 15 heavy (non-hydrogen) atoms. The predicted octanol–water partition coefficient (Wildman–Crippen LogP) is 2.10. The summed E-state index contributed by atoms with van der Waals surface area (Å²) in [7, 11) is 3.44. The Labute approximate surface area is 98.6 Å². The van der Waals surface area contributed by atoms with Crippen molar-refractivity contribution in [1.82, 2.24) is 4.90 Å². The maximum absolute atomic E-state index is 11.4. The fourth-order valence-electron chi connectivity index (χ4n) is 0.941. The zero-order chi connectivity index (χ0) is 11.4. The summed E-state index contributed by atoms with van der Waals surface area (Å²) < 4.78 is 0. The molecule has 0 aromatic heterocycles. The zero-order valence-corrected chi connectivity index (χ0v) is 10.2. The van der Waals surface area contributed by atoms with E-state index in [0.717, 1.165) is 4.90 Å². The van der Waals surface area contributed by atoms with Gasteiger partial charge in [-0.1, -0.05) is 17.7 Å². The van der Waals surface area contributed by atoms with Crippen LogP contribution in [-0.4, -0.2) is 30.7 Å². The highest BCUT2D eigenvalue weighted by atomic mass is 35.5. The molecular formula is C10H13ClN2OS. The number of carbonyl (C=O) groups is 1. The summed E-state index contributed by atoms with van der Waals surface area (Å²) in [6.45, 7) is 0. The van der Waals surface area contributed by atoms with Gasteiger partial charge in [0, 0.05) is 24.7 Å². The monoisotopic (exact) mass is 244 g/mol. The van der Waals surface area contributed by atoms with Crippen LogP contribution in [0.25, 0.3) is 0 Å². The Morgan fingerprint density at radius 2 is 2.20 bits per heavy atom. The lowest BCUT2D eigenvalue weighted by atomic mass is 10.3. The van der Waals surface area contributed by atoms with Crippen LogP contribution in [-0.2, 0) is 4.79 Å². The standard InChI is InChI=1S/C10H13ClN2OS/c1-13(2)9(14)6-15-10-7(11)4-3-5-8(10)12/h3-5H,6,12H2,1-2H3. The first-order valence-corrected chi connectivity index (χ1v) is 5.75. The molecule has 0 fully saturated rings. The van der Waals surface area contributed by atoms with Crippen LogP contribution in [0.3, 0.4) is 0 Å². The quantitative estimate of drug-likeness (QED) is 0.654. The third kappa shape index (κ3) is 3.32. The number of carbonyl (C=O) groups excluding carboxylic acids is 1. The molecule has 0 radical (unpaired) electrons. The van der Waals surface area contributed by atoms with E-state index in [4.69, 9.17) is 17.3 Å². The van der Waals surface area contributed by atoms with E-state index in [1.807, 2.05) is 0 Å². The van der Waals surface area contributed by atoms with E-state index >= 15 is 0 Å². The van der Waals surface area contributed by atoms with Gasteiger partial charge in [-0.25, -0.2) is 0 Å². The van der Waals surface area contributed by atoms with E-state index in [0.29, 0.717) is 16.5 Å². The first kappa shape index (κ1) is 12.2. The Morgan fingerprint density at radius 1 is 1.53 bits per heavy atom. The second-order valence-corrected chi connectivity index (χ2v) is 4.63. The third-order valence-electron chi connectivity index (χ3n) is 1.84. The van der Waals surface area contributed by atoms with Gasteiger partial charge in [0.05, 0.1) is 10.8 Å². The molecule has 1 amide bonds. The highest BCUT2D eigenvalue weighted by molar-refractivity contribution is 8.00. The third-order valence-corrected chi connectivity index (χ3v) is 3.40. The molecule has 0 aliphatic carbocycles. The number of benzene rings is 1. The van der Waals surface area contributed by atoms with Crippen LogP contribution in [0, 0.1) is 0 Å². The molecule has 0 heterocycles. The first-order valence-electron chi connectivity index (χ1n) is 4.39. The predicted molar refractivity (Wildman–Crippen MR) is 65.3 cm³/mol. The number of anilines is 1. The normalized spacial score (nSPS) is 10.1. The van der Waals surface area contributed by atoms with E-state index in [1.165, 1.54) is 11.8 Å². The maximum Gasteiger partial charge on any atom is 0.232 e. The number of nitrogens with two attached hydrogens (primary N) is 1. The molecule has 5 heteroatoms. The number of rotatable bonds is 3. The fourth-order valence-corrected chi connectivity index (χ4v) is 2.25. The molecule has 3 nitrogen and oxygen atoms in total. The summed E-state index contributed by atoms with van der Waals surface area (Å²) in [5.41, 5.74) is 6.36. The molecular weight excluding hydrogens is 232 g/mol. The molecule has 1 aromatic rings. The van der Waals surface area contributed by atoms with Crippen LogP contribution in [0.15, 0.2) is 23.1 Å². The van der Waals surface area contributed by atoms with Crippen LogP contribution in [0.5, 0.6) is 0 Å². The highest BCUT2D eigenvalue weighted by Gasteiger charge is 2.09. The van der Waals surface area contributed by atoms with Crippen LogP contribution >= 0.6 is 23.4 Å². The summed E-state index contributed by atoms with van der Waals surface area (Å²) in [5, 5.41) is 0.589. The van der Waals surface area contributed by atoms with Crippen LogP contribution in [0.2, 0.25) is 5.02 Å². The molecule has 82 valence electrons. The van der Waals surface area contributed by atoms with Crippen LogP contribution in [0.1, 0.15) is 0 Å². The minimum atomic E-state index is 0.0410. The van der Waals surface area contributed by atoms with E-state index in [9.17, 15) is 4.79 Å². The van der Waals surface area contributed by atoms with Gasteiger partial charge in [0.15, 0.2) is 0 Å². The number of hydrogen-bond acceptors (Lipinski definition) is 3. The van der Waals surface area contributed by atoms with Crippen molar-refractivity contribution in [3.05, 3.63) is 23.2 Å². The molecule has 0 saturated heterocycles. The largest absolute Gasteiger partial charge is 0.398 e. The van der Waals surface area contributed by atoms with Gasteiger partial charge in [-0.05, 0) is 12.1 Å². The van der Waals surface area contributed by atoms with Gasteiger partial charge in [0.1, 0.15) is 0 Å². The van der Waals surface area contributed by atoms with Gasteiger partial charge >= 0.3 is 0 Å². The minimum absolute atomic E-state index is 0.0410. The molecule has 1 aromatic carbocycles. The molecule has 0 atom stereocenters. The number of amides is 1. The average molecular weight is 245 g/mol. The number of halogens is 1. The van der Waals surface area contributed by atoms with Crippen molar-refractivity contribution in [3.8, 4) is 0 Å².